The molecule has 1 aromatic heterocycles. The smallest absolute Gasteiger partial charge is 0.162 e. The van der Waals surface area contributed by atoms with Crippen LogP contribution in [-0.4, -0.2) is 19.2 Å². The Morgan fingerprint density at radius 3 is 2.58 bits per heavy atom. The Hall–Kier alpha value is -2.56. The maximum absolute atomic E-state index is 8.96. The Labute approximate surface area is 163 Å². The number of benzene rings is 2. The lowest BCUT2D eigenvalue weighted by atomic mass is 10.2. The van der Waals surface area contributed by atoms with Gasteiger partial charge in [0.15, 0.2) is 11.5 Å². The molecule has 0 amide bonds. The molecule has 0 aliphatic heterocycles. The van der Waals surface area contributed by atoms with Crippen LogP contribution in [0.3, 0.4) is 0 Å². The Morgan fingerprint density at radius 2 is 1.85 bits per heavy atom. The summed E-state index contributed by atoms with van der Waals surface area (Å²) in [6.45, 7) is 0.301. The van der Waals surface area contributed by atoms with Gasteiger partial charge in [-0.2, -0.15) is 5.26 Å². The summed E-state index contributed by atoms with van der Waals surface area (Å²) in [5.41, 5.74) is 2.25. The SMILES string of the molecule is COc1cc(C#N)ccc1OCc1csc(-c2cc(Br)ccc2OC)n1. The van der Waals surface area contributed by atoms with Gasteiger partial charge in [0.2, 0.25) is 0 Å². The van der Waals surface area contributed by atoms with Crippen molar-refractivity contribution in [2.75, 3.05) is 14.2 Å². The van der Waals surface area contributed by atoms with Crippen LogP contribution in [0, 0.1) is 11.3 Å². The predicted octanol–water partition coefficient (Wildman–Crippen LogP) is 5.04. The summed E-state index contributed by atoms with van der Waals surface area (Å²) in [4.78, 5) is 4.63. The molecule has 0 aliphatic carbocycles. The van der Waals surface area contributed by atoms with Crippen LogP contribution in [0.15, 0.2) is 46.3 Å². The second kappa shape index (κ2) is 8.21. The molecule has 0 bridgehead atoms. The van der Waals surface area contributed by atoms with Crippen LogP contribution in [0.2, 0.25) is 0 Å². The zero-order valence-electron chi connectivity index (χ0n) is 14.2. The first kappa shape index (κ1) is 18.2. The molecule has 132 valence electrons. The second-order valence-corrected chi connectivity index (χ2v) is 7.03. The van der Waals surface area contributed by atoms with Crippen LogP contribution in [-0.2, 0) is 6.61 Å². The van der Waals surface area contributed by atoms with E-state index in [1.54, 1.807) is 32.4 Å². The topological polar surface area (TPSA) is 64.4 Å². The summed E-state index contributed by atoms with van der Waals surface area (Å²) in [5.74, 6) is 1.86. The van der Waals surface area contributed by atoms with Gasteiger partial charge in [0.25, 0.3) is 0 Å². The first-order chi connectivity index (χ1) is 12.6. The monoisotopic (exact) mass is 430 g/mol. The number of hydrogen-bond acceptors (Lipinski definition) is 6. The van der Waals surface area contributed by atoms with Crippen LogP contribution >= 0.6 is 27.3 Å². The van der Waals surface area contributed by atoms with Crippen LogP contribution in [0.5, 0.6) is 17.2 Å². The number of nitrogens with zero attached hydrogens (tertiary/aromatic N) is 2. The minimum Gasteiger partial charge on any atom is -0.496 e. The summed E-state index contributed by atoms with van der Waals surface area (Å²) < 4.78 is 17.5. The summed E-state index contributed by atoms with van der Waals surface area (Å²) in [6, 6.07) is 12.9. The molecule has 0 aliphatic rings. The van der Waals surface area contributed by atoms with E-state index in [4.69, 9.17) is 19.5 Å². The van der Waals surface area contributed by atoms with Gasteiger partial charge in [-0.15, -0.1) is 11.3 Å². The summed E-state index contributed by atoms with van der Waals surface area (Å²) >= 11 is 5.00. The maximum Gasteiger partial charge on any atom is 0.162 e. The Balaban J connectivity index is 1.78. The lowest BCUT2D eigenvalue weighted by molar-refractivity contribution is 0.281. The lowest BCUT2D eigenvalue weighted by Crippen LogP contribution is -1.98. The molecule has 0 N–H and O–H groups in total. The van der Waals surface area contributed by atoms with E-state index in [1.807, 2.05) is 23.6 Å². The minimum atomic E-state index is 0.301. The molecule has 7 heteroatoms. The average molecular weight is 431 g/mol. The quantitative estimate of drug-likeness (QED) is 0.547. The molecule has 0 saturated heterocycles. The van der Waals surface area contributed by atoms with Gasteiger partial charge in [-0.25, -0.2) is 4.98 Å². The highest BCUT2D eigenvalue weighted by Crippen LogP contribution is 2.35. The maximum atomic E-state index is 8.96. The molecule has 26 heavy (non-hydrogen) atoms. The molecule has 0 saturated carbocycles. The van der Waals surface area contributed by atoms with Crippen LogP contribution < -0.4 is 14.2 Å². The first-order valence-electron chi connectivity index (χ1n) is 7.64. The molecule has 0 fully saturated rings. The summed E-state index contributed by atoms with van der Waals surface area (Å²) in [5, 5.41) is 11.8. The van der Waals surface area contributed by atoms with Crippen molar-refractivity contribution in [3.8, 4) is 33.9 Å². The largest absolute Gasteiger partial charge is 0.496 e. The lowest BCUT2D eigenvalue weighted by Gasteiger charge is -2.09. The highest BCUT2D eigenvalue weighted by molar-refractivity contribution is 9.10. The van der Waals surface area contributed by atoms with Gasteiger partial charge >= 0.3 is 0 Å². The standard InChI is InChI=1S/C19H15BrN2O3S/c1-23-16-6-4-13(20)8-15(16)19-22-14(11-26-19)10-25-17-5-3-12(9-21)7-18(17)24-2/h3-8,11H,10H2,1-2H3. The third-order valence-corrected chi connectivity index (χ3v) is 5.03. The number of nitriles is 1. The molecular formula is C19H15BrN2O3S. The van der Waals surface area contributed by atoms with Gasteiger partial charge in [-0.05, 0) is 30.3 Å². The molecule has 0 radical (unpaired) electrons. The van der Waals surface area contributed by atoms with Crippen molar-refractivity contribution in [1.82, 2.24) is 4.98 Å². The molecule has 3 rings (SSSR count). The van der Waals surface area contributed by atoms with Crippen LogP contribution in [0.25, 0.3) is 10.6 Å². The van der Waals surface area contributed by atoms with Crippen molar-refractivity contribution >= 4 is 27.3 Å². The number of rotatable bonds is 6. The van der Waals surface area contributed by atoms with Gasteiger partial charge in [0.1, 0.15) is 17.4 Å². The minimum absolute atomic E-state index is 0.301. The number of hydrogen-bond donors (Lipinski definition) is 0. The van der Waals surface area contributed by atoms with Crippen molar-refractivity contribution in [3.63, 3.8) is 0 Å². The van der Waals surface area contributed by atoms with Crippen LogP contribution in [0.4, 0.5) is 0 Å². The number of halogens is 1. The molecule has 3 aromatic rings. The Kier molecular flexibility index (Phi) is 5.76. The van der Waals surface area contributed by atoms with E-state index in [0.29, 0.717) is 23.7 Å². The van der Waals surface area contributed by atoms with E-state index in [-0.39, 0.29) is 0 Å². The van der Waals surface area contributed by atoms with E-state index in [2.05, 4.69) is 27.0 Å². The molecular weight excluding hydrogens is 416 g/mol. The van der Waals surface area contributed by atoms with Gasteiger partial charge in [0.05, 0.1) is 37.1 Å². The Bertz CT molecular complexity index is 966. The van der Waals surface area contributed by atoms with Crippen molar-refractivity contribution in [3.05, 3.63) is 57.5 Å². The van der Waals surface area contributed by atoms with Crippen molar-refractivity contribution in [2.45, 2.75) is 6.61 Å². The fraction of sp³-hybridized carbons (Fsp3) is 0.158. The molecule has 2 aromatic carbocycles. The van der Waals surface area contributed by atoms with Crippen molar-refractivity contribution in [2.24, 2.45) is 0 Å². The summed E-state index contributed by atoms with van der Waals surface area (Å²) in [6.07, 6.45) is 0. The van der Waals surface area contributed by atoms with Crippen molar-refractivity contribution < 1.29 is 14.2 Å². The second-order valence-electron chi connectivity index (χ2n) is 5.25. The molecule has 0 spiro atoms. The summed E-state index contributed by atoms with van der Waals surface area (Å²) in [7, 11) is 3.19. The molecule has 1 heterocycles. The average Bonchev–Trinajstić information content (AvgIpc) is 3.15. The van der Waals surface area contributed by atoms with Gasteiger partial charge in [-0.3, -0.25) is 0 Å². The number of methoxy groups -OCH3 is 2. The van der Waals surface area contributed by atoms with E-state index >= 15 is 0 Å². The molecule has 0 atom stereocenters. The number of ether oxygens (including phenoxy) is 3. The van der Waals surface area contributed by atoms with Crippen LogP contribution in [0.1, 0.15) is 11.3 Å². The zero-order valence-corrected chi connectivity index (χ0v) is 16.6. The third kappa shape index (κ3) is 3.98. The first-order valence-corrected chi connectivity index (χ1v) is 9.31. The van der Waals surface area contributed by atoms with Gasteiger partial charge in [-0.1, -0.05) is 15.9 Å². The van der Waals surface area contributed by atoms with E-state index < -0.39 is 0 Å². The third-order valence-electron chi connectivity index (χ3n) is 3.61. The van der Waals surface area contributed by atoms with Gasteiger partial charge < -0.3 is 14.2 Å². The fourth-order valence-corrected chi connectivity index (χ4v) is 3.54. The molecule has 5 nitrogen and oxygen atoms in total. The molecule has 0 unspecified atom stereocenters. The number of aromatic nitrogens is 1. The number of thiazole rings is 1. The normalized spacial score (nSPS) is 10.2. The van der Waals surface area contributed by atoms with E-state index in [1.165, 1.54) is 11.3 Å². The fourth-order valence-electron chi connectivity index (χ4n) is 2.35. The highest BCUT2D eigenvalue weighted by atomic mass is 79.9. The van der Waals surface area contributed by atoms with Crippen molar-refractivity contribution in [1.29, 1.82) is 5.26 Å². The van der Waals surface area contributed by atoms with E-state index in [9.17, 15) is 0 Å². The predicted molar refractivity (Wildman–Crippen MR) is 104 cm³/mol. The Morgan fingerprint density at radius 1 is 1.08 bits per heavy atom. The van der Waals surface area contributed by atoms with E-state index in [0.717, 1.165) is 26.5 Å². The zero-order chi connectivity index (χ0) is 18.5. The highest BCUT2D eigenvalue weighted by Gasteiger charge is 2.12. The van der Waals surface area contributed by atoms with Gasteiger partial charge in [0, 0.05) is 15.9 Å².